The monoisotopic (exact) mass is 562 g/mol. The molecule has 0 radical (unpaired) electrons. The van der Waals surface area contributed by atoms with Crippen molar-refractivity contribution in [3.8, 4) is 11.4 Å². The molecule has 0 N–H and O–H groups in total. The minimum Gasteiger partial charge on any atom is -0.288 e. The summed E-state index contributed by atoms with van der Waals surface area (Å²) < 4.78 is 6.22. The second-order valence-electron chi connectivity index (χ2n) is 5.93. The molecule has 0 aliphatic heterocycles. The molecule has 0 aliphatic carbocycles. The van der Waals surface area contributed by atoms with Crippen molar-refractivity contribution in [3.05, 3.63) is 80.5 Å². The highest BCUT2D eigenvalue weighted by Gasteiger charge is 2.16. The first kappa shape index (κ1) is 16.2. The number of para-hydroxylation sites is 2. The van der Waals surface area contributed by atoms with Crippen LogP contribution in [0.4, 0.5) is 0 Å². The van der Waals surface area contributed by atoms with Crippen molar-refractivity contribution < 1.29 is 0 Å². The van der Waals surface area contributed by atoms with Crippen LogP contribution >= 0.6 is 45.2 Å². The maximum Gasteiger partial charge on any atom is 0.177 e. The summed E-state index contributed by atoms with van der Waals surface area (Å²) in [6, 6.07) is 24.9. The zero-order valence-corrected chi connectivity index (χ0v) is 17.8. The van der Waals surface area contributed by atoms with Crippen LogP contribution in [-0.2, 0) is 0 Å². The van der Waals surface area contributed by atoms with E-state index in [0.717, 1.165) is 41.1 Å². The lowest BCUT2D eigenvalue weighted by Gasteiger charge is -2.07. The number of hydrogen-bond donors (Lipinski definition) is 0. The van der Waals surface area contributed by atoms with Crippen LogP contribution in [0.2, 0.25) is 0 Å². The minimum absolute atomic E-state index is 0.942. The molecule has 0 spiro atoms. The van der Waals surface area contributed by atoms with Crippen molar-refractivity contribution in [1.29, 1.82) is 0 Å². The van der Waals surface area contributed by atoms with Crippen LogP contribution in [0.5, 0.6) is 0 Å². The average molecular weight is 562 g/mol. The zero-order valence-electron chi connectivity index (χ0n) is 13.5. The van der Waals surface area contributed by atoms with E-state index in [0.29, 0.717) is 0 Å². The van der Waals surface area contributed by atoms with E-state index >= 15 is 0 Å². The summed E-state index contributed by atoms with van der Waals surface area (Å²) in [7, 11) is 0. The van der Waals surface area contributed by atoms with E-state index in [9.17, 15) is 0 Å². The Morgan fingerprint density at radius 1 is 0.577 bits per heavy atom. The molecule has 5 rings (SSSR count). The summed E-state index contributed by atoms with van der Waals surface area (Å²) in [6.07, 6.45) is 0. The molecule has 126 valence electrons. The standard InChI is InChI=1S/C20H12I2N4/c21-19-23-15-12-18-16(11-17(15)25(19)13-7-3-1-4-8-13)24-20(22)26(18)14-9-5-2-6-10-14/h1-12H. The van der Waals surface area contributed by atoms with Gasteiger partial charge in [-0.2, -0.15) is 0 Å². The van der Waals surface area contributed by atoms with E-state index in [4.69, 9.17) is 9.97 Å². The van der Waals surface area contributed by atoms with Crippen molar-refractivity contribution >= 4 is 67.2 Å². The molecule has 0 atom stereocenters. The van der Waals surface area contributed by atoms with Crippen LogP contribution in [0, 0.1) is 7.66 Å². The molecule has 0 fully saturated rings. The number of halogens is 2. The van der Waals surface area contributed by atoms with Gasteiger partial charge >= 0.3 is 0 Å². The molecule has 0 amide bonds. The number of nitrogens with zero attached hydrogens (tertiary/aromatic N) is 4. The van der Waals surface area contributed by atoms with Gasteiger partial charge in [0.25, 0.3) is 0 Å². The number of aromatic nitrogens is 4. The van der Waals surface area contributed by atoms with Gasteiger partial charge in [0.05, 0.1) is 22.1 Å². The normalized spacial score (nSPS) is 11.5. The van der Waals surface area contributed by atoms with Crippen LogP contribution in [0.15, 0.2) is 72.8 Å². The van der Waals surface area contributed by atoms with Gasteiger partial charge in [-0.3, -0.25) is 9.13 Å². The lowest BCUT2D eigenvalue weighted by atomic mass is 10.2. The Morgan fingerprint density at radius 3 is 1.35 bits per heavy atom. The first-order chi connectivity index (χ1) is 12.7. The molecule has 3 aromatic carbocycles. The SMILES string of the molecule is Ic1nc2cc3c(cc2n1-c1ccccc1)nc(I)n3-c1ccccc1. The Bertz CT molecular complexity index is 1140. The Kier molecular flexibility index (Phi) is 3.96. The number of hydrogen-bond acceptors (Lipinski definition) is 2. The van der Waals surface area contributed by atoms with E-state index in [2.05, 4.69) is 90.7 Å². The molecule has 0 saturated heterocycles. The van der Waals surface area contributed by atoms with E-state index in [-0.39, 0.29) is 0 Å². The highest BCUT2D eigenvalue weighted by Crippen LogP contribution is 2.29. The van der Waals surface area contributed by atoms with Gasteiger partial charge in [-0.15, -0.1) is 0 Å². The van der Waals surface area contributed by atoms with Crippen LogP contribution in [-0.4, -0.2) is 19.1 Å². The zero-order chi connectivity index (χ0) is 17.7. The van der Waals surface area contributed by atoms with Gasteiger partial charge in [0.2, 0.25) is 0 Å². The van der Waals surface area contributed by atoms with E-state index in [1.165, 1.54) is 0 Å². The quantitative estimate of drug-likeness (QED) is 0.264. The lowest BCUT2D eigenvalue weighted by molar-refractivity contribution is 1.04. The fraction of sp³-hybridized carbons (Fsp3) is 0. The van der Waals surface area contributed by atoms with Gasteiger partial charge in [0.15, 0.2) is 7.66 Å². The smallest absolute Gasteiger partial charge is 0.177 e. The van der Waals surface area contributed by atoms with Crippen molar-refractivity contribution in [2.24, 2.45) is 0 Å². The fourth-order valence-electron chi connectivity index (χ4n) is 3.24. The van der Waals surface area contributed by atoms with Gasteiger partial charge in [0.1, 0.15) is 0 Å². The summed E-state index contributed by atoms with van der Waals surface area (Å²) >= 11 is 4.58. The molecule has 0 bridgehead atoms. The van der Waals surface area contributed by atoms with Crippen molar-refractivity contribution in [3.63, 3.8) is 0 Å². The molecular weight excluding hydrogens is 550 g/mol. The fourth-order valence-corrected chi connectivity index (χ4v) is 4.83. The van der Waals surface area contributed by atoms with Crippen molar-refractivity contribution in [1.82, 2.24) is 19.1 Å². The molecule has 0 aliphatic rings. The highest BCUT2D eigenvalue weighted by atomic mass is 127. The number of imidazole rings is 2. The lowest BCUT2D eigenvalue weighted by Crippen LogP contribution is -1.96. The van der Waals surface area contributed by atoms with Crippen LogP contribution in [0.1, 0.15) is 0 Å². The third-order valence-electron chi connectivity index (χ3n) is 4.38. The van der Waals surface area contributed by atoms with Crippen LogP contribution in [0.25, 0.3) is 33.4 Å². The molecular formula is C20H12I2N4. The van der Waals surface area contributed by atoms with Gasteiger partial charge in [-0.05, 0) is 36.4 Å². The number of rotatable bonds is 2. The Labute approximate surface area is 177 Å². The first-order valence-corrected chi connectivity index (χ1v) is 10.2. The molecule has 4 nitrogen and oxygen atoms in total. The molecule has 5 aromatic rings. The summed E-state index contributed by atoms with van der Waals surface area (Å²) in [5, 5.41) is 0. The molecule has 2 aromatic heterocycles. The Hall–Kier alpha value is -1.94. The molecule has 6 heteroatoms. The van der Waals surface area contributed by atoms with Gasteiger partial charge in [-0.1, -0.05) is 36.4 Å². The maximum absolute atomic E-state index is 4.79. The summed E-state index contributed by atoms with van der Waals surface area (Å²) in [6.45, 7) is 0. The third-order valence-corrected chi connectivity index (χ3v) is 5.82. The average Bonchev–Trinajstić information content (AvgIpc) is 3.15. The van der Waals surface area contributed by atoms with Gasteiger partial charge in [0, 0.05) is 56.6 Å². The first-order valence-electron chi connectivity index (χ1n) is 8.09. The van der Waals surface area contributed by atoms with Gasteiger partial charge < -0.3 is 0 Å². The minimum atomic E-state index is 0.942. The van der Waals surface area contributed by atoms with Gasteiger partial charge in [-0.25, -0.2) is 9.97 Å². The number of fused-ring (bicyclic) bond motifs is 2. The predicted molar refractivity (Wildman–Crippen MR) is 121 cm³/mol. The Balaban J connectivity index is 1.82. The molecule has 2 heterocycles. The predicted octanol–water partition coefficient (Wildman–Crippen LogP) is 5.57. The topological polar surface area (TPSA) is 35.6 Å². The second kappa shape index (κ2) is 6.34. The van der Waals surface area contributed by atoms with Crippen LogP contribution < -0.4 is 0 Å². The van der Waals surface area contributed by atoms with E-state index in [1.807, 2.05) is 36.4 Å². The molecule has 0 saturated carbocycles. The van der Waals surface area contributed by atoms with E-state index < -0.39 is 0 Å². The van der Waals surface area contributed by atoms with Crippen LogP contribution in [0.3, 0.4) is 0 Å². The van der Waals surface area contributed by atoms with E-state index in [1.54, 1.807) is 0 Å². The number of benzene rings is 3. The largest absolute Gasteiger partial charge is 0.288 e. The van der Waals surface area contributed by atoms with Crippen molar-refractivity contribution in [2.75, 3.05) is 0 Å². The molecule has 26 heavy (non-hydrogen) atoms. The Morgan fingerprint density at radius 2 is 0.962 bits per heavy atom. The highest BCUT2D eigenvalue weighted by molar-refractivity contribution is 14.1. The second-order valence-corrected chi connectivity index (χ2v) is 7.86. The molecule has 0 unspecified atom stereocenters. The summed E-state index contributed by atoms with van der Waals surface area (Å²) in [5.41, 5.74) is 6.30. The summed E-state index contributed by atoms with van der Waals surface area (Å²) in [5.74, 6) is 0. The third kappa shape index (κ3) is 2.54. The maximum atomic E-state index is 4.79. The summed E-state index contributed by atoms with van der Waals surface area (Å²) in [4.78, 5) is 9.58. The van der Waals surface area contributed by atoms with Crippen molar-refractivity contribution in [2.45, 2.75) is 0 Å².